The molecule has 0 saturated heterocycles. The zero-order valence-electron chi connectivity index (χ0n) is 11.4. The molecule has 2 N–H and O–H groups in total. The van der Waals surface area contributed by atoms with Crippen molar-refractivity contribution < 1.29 is 18.3 Å². The van der Waals surface area contributed by atoms with Gasteiger partial charge in [0.25, 0.3) is 0 Å². The average Bonchev–Trinajstić information content (AvgIpc) is 2.53. The fourth-order valence-electron chi connectivity index (χ4n) is 1.72. The first-order valence-corrected chi connectivity index (χ1v) is 7.97. The summed E-state index contributed by atoms with van der Waals surface area (Å²) in [6.07, 6.45) is 0. The number of aliphatic hydroxyl groups excluding tert-OH is 1. The van der Waals surface area contributed by atoms with Gasteiger partial charge in [0.15, 0.2) is 0 Å². The number of rotatable bonds is 7. The number of benzene rings is 2. The molecule has 0 bridgehead atoms. The van der Waals surface area contributed by atoms with Gasteiger partial charge in [0.2, 0.25) is 10.0 Å². The van der Waals surface area contributed by atoms with Gasteiger partial charge in [0, 0.05) is 6.54 Å². The van der Waals surface area contributed by atoms with Gasteiger partial charge < -0.3 is 9.84 Å². The minimum Gasteiger partial charge on any atom is -0.492 e. The minimum absolute atomic E-state index is 0.112. The normalized spacial score (nSPS) is 11.3. The van der Waals surface area contributed by atoms with Crippen LogP contribution in [0.15, 0.2) is 59.5 Å². The van der Waals surface area contributed by atoms with Gasteiger partial charge in [-0.3, -0.25) is 0 Å². The molecule has 0 saturated carbocycles. The number of nitrogens with one attached hydrogen (secondary N) is 1. The zero-order valence-corrected chi connectivity index (χ0v) is 12.2. The summed E-state index contributed by atoms with van der Waals surface area (Å²) in [5, 5.41) is 8.93. The summed E-state index contributed by atoms with van der Waals surface area (Å²) in [4.78, 5) is 0.166. The van der Waals surface area contributed by atoms with Crippen molar-refractivity contribution in [2.75, 3.05) is 13.2 Å². The quantitative estimate of drug-likeness (QED) is 0.761. The Hall–Kier alpha value is -1.89. The Kier molecular flexibility index (Phi) is 5.32. The Morgan fingerprint density at radius 2 is 1.67 bits per heavy atom. The Bertz CT molecular complexity index is 654. The van der Waals surface area contributed by atoms with E-state index in [9.17, 15) is 8.42 Å². The summed E-state index contributed by atoms with van der Waals surface area (Å²) < 4.78 is 31.9. The van der Waals surface area contributed by atoms with Crippen LogP contribution in [0.1, 0.15) is 5.56 Å². The lowest BCUT2D eigenvalue weighted by Crippen LogP contribution is -2.28. The fraction of sp³-hybridized carbons (Fsp3) is 0.200. The van der Waals surface area contributed by atoms with E-state index in [2.05, 4.69) is 4.72 Å². The van der Waals surface area contributed by atoms with Crippen LogP contribution in [-0.4, -0.2) is 26.7 Å². The molecule has 0 unspecified atom stereocenters. The number of hydrogen-bond donors (Lipinski definition) is 2. The van der Waals surface area contributed by atoms with Crippen molar-refractivity contribution in [2.24, 2.45) is 0 Å². The highest BCUT2D eigenvalue weighted by atomic mass is 32.2. The predicted molar refractivity (Wildman–Crippen MR) is 79.5 cm³/mol. The molecule has 0 fully saturated rings. The summed E-state index contributed by atoms with van der Waals surface area (Å²) in [6, 6.07) is 15.3. The van der Waals surface area contributed by atoms with E-state index in [4.69, 9.17) is 9.84 Å². The van der Waals surface area contributed by atoms with Crippen molar-refractivity contribution in [2.45, 2.75) is 11.5 Å². The minimum atomic E-state index is -3.55. The molecule has 0 radical (unpaired) electrons. The molecule has 6 heteroatoms. The number of aliphatic hydroxyl groups is 1. The van der Waals surface area contributed by atoms with E-state index < -0.39 is 10.0 Å². The summed E-state index contributed by atoms with van der Waals surface area (Å²) in [6.45, 7) is 0.315. The van der Waals surface area contributed by atoms with Gasteiger partial charge in [-0.1, -0.05) is 30.3 Å². The molecule has 2 aromatic rings. The molecule has 0 heterocycles. The van der Waals surface area contributed by atoms with Gasteiger partial charge >= 0.3 is 0 Å². The van der Waals surface area contributed by atoms with Crippen molar-refractivity contribution in [3.63, 3.8) is 0 Å². The second kappa shape index (κ2) is 7.21. The molecule has 112 valence electrons. The molecule has 0 atom stereocenters. The van der Waals surface area contributed by atoms with Crippen LogP contribution in [0, 0.1) is 0 Å². The van der Waals surface area contributed by atoms with E-state index >= 15 is 0 Å². The molecule has 0 aliphatic heterocycles. The monoisotopic (exact) mass is 307 g/mol. The highest BCUT2D eigenvalue weighted by Crippen LogP contribution is 2.11. The Morgan fingerprint density at radius 1 is 1.00 bits per heavy atom. The second-order valence-corrected chi connectivity index (χ2v) is 6.13. The van der Waals surface area contributed by atoms with E-state index in [1.807, 2.05) is 30.3 Å². The summed E-state index contributed by atoms with van der Waals surface area (Å²) >= 11 is 0. The highest BCUT2D eigenvalue weighted by Gasteiger charge is 2.12. The first-order valence-electron chi connectivity index (χ1n) is 6.49. The SMILES string of the molecule is O=S(=O)(NCCOc1ccccc1)c1ccc(CO)cc1. The lowest BCUT2D eigenvalue weighted by atomic mass is 10.2. The average molecular weight is 307 g/mol. The van der Waals surface area contributed by atoms with Gasteiger partial charge in [-0.15, -0.1) is 0 Å². The van der Waals surface area contributed by atoms with Crippen LogP contribution < -0.4 is 9.46 Å². The van der Waals surface area contributed by atoms with Crippen LogP contribution in [0.2, 0.25) is 0 Å². The van der Waals surface area contributed by atoms with Crippen molar-refractivity contribution in [1.82, 2.24) is 4.72 Å². The lowest BCUT2D eigenvalue weighted by Gasteiger charge is -2.09. The Labute approximate surface area is 124 Å². The van der Waals surface area contributed by atoms with E-state index in [0.29, 0.717) is 11.3 Å². The second-order valence-electron chi connectivity index (χ2n) is 4.36. The first-order chi connectivity index (χ1) is 10.1. The summed E-state index contributed by atoms with van der Waals surface area (Å²) in [7, 11) is -3.55. The van der Waals surface area contributed by atoms with E-state index in [0.717, 1.165) is 0 Å². The smallest absolute Gasteiger partial charge is 0.240 e. The van der Waals surface area contributed by atoms with Gasteiger partial charge in [0.1, 0.15) is 12.4 Å². The molecule has 0 aromatic heterocycles. The van der Waals surface area contributed by atoms with Crippen LogP contribution >= 0.6 is 0 Å². The van der Waals surface area contributed by atoms with Crippen LogP contribution in [0.3, 0.4) is 0 Å². The summed E-state index contributed by atoms with van der Waals surface area (Å²) in [5.41, 5.74) is 0.668. The third kappa shape index (κ3) is 4.56. The maximum atomic E-state index is 12.0. The third-order valence-electron chi connectivity index (χ3n) is 2.82. The van der Waals surface area contributed by atoms with Gasteiger partial charge in [0.05, 0.1) is 11.5 Å². The van der Waals surface area contributed by atoms with Gasteiger partial charge in [-0.2, -0.15) is 0 Å². The Balaban J connectivity index is 1.86. The molecule has 0 aliphatic rings. The molecular formula is C15H17NO4S. The summed E-state index contributed by atoms with van der Waals surface area (Å²) in [5.74, 6) is 0.698. The standard InChI is InChI=1S/C15H17NO4S/c17-12-13-6-8-15(9-7-13)21(18,19)16-10-11-20-14-4-2-1-3-5-14/h1-9,16-17H,10-12H2. The van der Waals surface area contributed by atoms with Crippen molar-refractivity contribution >= 4 is 10.0 Å². The predicted octanol–water partition coefficient (Wildman–Crippen LogP) is 1.54. The van der Waals surface area contributed by atoms with Crippen LogP contribution in [0.25, 0.3) is 0 Å². The van der Waals surface area contributed by atoms with E-state index in [1.54, 1.807) is 12.1 Å². The molecule has 0 aliphatic carbocycles. The number of sulfonamides is 1. The maximum absolute atomic E-state index is 12.0. The Morgan fingerprint density at radius 3 is 2.29 bits per heavy atom. The number of hydrogen-bond acceptors (Lipinski definition) is 4. The van der Waals surface area contributed by atoms with Gasteiger partial charge in [-0.25, -0.2) is 13.1 Å². The lowest BCUT2D eigenvalue weighted by molar-refractivity contribution is 0.282. The molecular weight excluding hydrogens is 290 g/mol. The number of ether oxygens (including phenoxy) is 1. The van der Waals surface area contributed by atoms with Crippen molar-refractivity contribution in [1.29, 1.82) is 0 Å². The van der Waals surface area contributed by atoms with Crippen LogP contribution in [0.4, 0.5) is 0 Å². The van der Waals surface area contributed by atoms with Gasteiger partial charge in [-0.05, 0) is 29.8 Å². The van der Waals surface area contributed by atoms with Crippen LogP contribution in [0.5, 0.6) is 5.75 Å². The van der Waals surface area contributed by atoms with Crippen molar-refractivity contribution in [3.8, 4) is 5.75 Å². The third-order valence-corrected chi connectivity index (χ3v) is 4.30. The molecule has 2 aromatic carbocycles. The molecule has 21 heavy (non-hydrogen) atoms. The first kappa shape index (κ1) is 15.5. The topological polar surface area (TPSA) is 75.6 Å². The van der Waals surface area contributed by atoms with E-state index in [1.165, 1.54) is 12.1 Å². The molecule has 0 spiro atoms. The molecule has 5 nitrogen and oxygen atoms in total. The molecule has 2 rings (SSSR count). The fourth-order valence-corrected chi connectivity index (χ4v) is 2.73. The van der Waals surface area contributed by atoms with E-state index in [-0.39, 0.29) is 24.7 Å². The zero-order chi connectivity index (χ0) is 15.1. The maximum Gasteiger partial charge on any atom is 0.240 e. The number of para-hydroxylation sites is 1. The largest absolute Gasteiger partial charge is 0.492 e. The highest BCUT2D eigenvalue weighted by molar-refractivity contribution is 7.89. The van der Waals surface area contributed by atoms with Crippen LogP contribution in [-0.2, 0) is 16.6 Å². The molecule has 0 amide bonds. The van der Waals surface area contributed by atoms with Crippen molar-refractivity contribution in [3.05, 3.63) is 60.2 Å².